The van der Waals surface area contributed by atoms with Gasteiger partial charge in [-0.1, -0.05) is 25.6 Å². The number of hydrogen-bond acceptors (Lipinski definition) is 5. The molecule has 7 heteroatoms. The average molecular weight is 306 g/mol. The van der Waals surface area contributed by atoms with Crippen LogP contribution in [0.15, 0.2) is 0 Å². The highest BCUT2D eigenvalue weighted by molar-refractivity contribution is 7.91. The van der Waals surface area contributed by atoms with E-state index in [-0.39, 0.29) is 5.75 Å². The molecule has 1 heterocycles. The summed E-state index contributed by atoms with van der Waals surface area (Å²) in [7, 11) is -3.13. The van der Waals surface area contributed by atoms with Crippen LogP contribution in [-0.4, -0.2) is 23.6 Å². The Kier molecular flexibility index (Phi) is 5.24. The largest absolute Gasteiger partial charge is 0.389 e. The van der Waals surface area contributed by atoms with Crippen molar-refractivity contribution < 1.29 is 8.42 Å². The van der Waals surface area contributed by atoms with Gasteiger partial charge in [0.05, 0.1) is 15.8 Å². The van der Waals surface area contributed by atoms with Crippen molar-refractivity contribution in [2.75, 3.05) is 0 Å². The summed E-state index contributed by atoms with van der Waals surface area (Å²) in [6.07, 6.45) is 1.70. The van der Waals surface area contributed by atoms with Gasteiger partial charge in [0.1, 0.15) is 15.7 Å². The van der Waals surface area contributed by atoms with Crippen molar-refractivity contribution in [2.45, 2.75) is 44.6 Å². The number of sulfone groups is 1. The van der Waals surface area contributed by atoms with E-state index in [1.165, 1.54) is 11.3 Å². The van der Waals surface area contributed by atoms with Crippen LogP contribution in [0, 0.1) is 0 Å². The molecule has 1 aromatic heterocycles. The Bertz CT molecular complexity index is 532. The van der Waals surface area contributed by atoms with E-state index < -0.39 is 15.1 Å². The van der Waals surface area contributed by atoms with Gasteiger partial charge in [-0.15, -0.1) is 11.3 Å². The molecule has 1 rings (SSSR count). The highest BCUT2D eigenvalue weighted by Gasteiger charge is 2.21. The fourth-order valence-corrected chi connectivity index (χ4v) is 3.87. The molecule has 102 valence electrons. The summed E-state index contributed by atoms with van der Waals surface area (Å²) in [6, 6.07) is 0. The zero-order valence-electron chi connectivity index (χ0n) is 10.8. The molecule has 0 saturated carbocycles. The van der Waals surface area contributed by atoms with Crippen LogP contribution in [0.4, 0.5) is 0 Å². The van der Waals surface area contributed by atoms with E-state index in [1.54, 1.807) is 13.8 Å². The van der Waals surface area contributed by atoms with Crippen LogP contribution in [0.2, 0.25) is 0 Å². The number of rotatable bonds is 6. The zero-order valence-corrected chi connectivity index (χ0v) is 13.2. The molecule has 0 fully saturated rings. The first kappa shape index (κ1) is 15.5. The Balaban J connectivity index is 3.06. The van der Waals surface area contributed by atoms with Crippen molar-refractivity contribution in [2.24, 2.45) is 5.73 Å². The summed E-state index contributed by atoms with van der Waals surface area (Å²) >= 11 is 6.26. The normalized spacial score (nSPS) is 12.0. The van der Waals surface area contributed by atoms with Gasteiger partial charge in [0.25, 0.3) is 0 Å². The summed E-state index contributed by atoms with van der Waals surface area (Å²) in [5, 5.41) is 0.180. The lowest BCUT2D eigenvalue weighted by Crippen LogP contribution is -2.15. The van der Waals surface area contributed by atoms with Gasteiger partial charge in [-0.2, -0.15) is 0 Å². The summed E-state index contributed by atoms with van der Waals surface area (Å²) < 4.78 is 23.7. The Morgan fingerprint density at radius 1 is 1.50 bits per heavy atom. The van der Waals surface area contributed by atoms with Crippen LogP contribution in [0.25, 0.3) is 0 Å². The van der Waals surface area contributed by atoms with E-state index in [0.717, 1.165) is 23.4 Å². The molecular weight excluding hydrogens is 288 g/mol. The van der Waals surface area contributed by atoms with Crippen molar-refractivity contribution in [1.82, 2.24) is 4.98 Å². The van der Waals surface area contributed by atoms with Crippen LogP contribution in [-0.2, 0) is 22.0 Å². The lowest BCUT2D eigenvalue weighted by atomic mass is 10.2. The van der Waals surface area contributed by atoms with Crippen LogP contribution in [0.3, 0.4) is 0 Å². The first-order valence-electron chi connectivity index (χ1n) is 5.77. The second-order valence-corrected chi connectivity index (χ2v) is 8.43. The molecule has 1 aromatic rings. The van der Waals surface area contributed by atoms with E-state index in [9.17, 15) is 8.42 Å². The Hall–Kier alpha value is -0.530. The van der Waals surface area contributed by atoms with Crippen LogP contribution in [0.5, 0.6) is 0 Å². The molecule has 0 amide bonds. The Labute approximate surface area is 118 Å². The fourth-order valence-electron chi connectivity index (χ4n) is 1.40. The molecule has 0 atom stereocenters. The first-order chi connectivity index (χ1) is 8.27. The predicted octanol–water partition coefficient (Wildman–Crippen LogP) is 2.05. The highest BCUT2D eigenvalue weighted by atomic mass is 32.2. The summed E-state index contributed by atoms with van der Waals surface area (Å²) in [6.45, 7) is 5.38. The maximum absolute atomic E-state index is 11.9. The minimum absolute atomic E-state index is 0.0331. The third kappa shape index (κ3) is 3.73. The van der Waals surface area contributed by atoms with Gasteiger partial charge < -0.3 is 5.73 Å². The van der Waals surface area contributed by atoms with E-state index in [2.05, 4.69) is 4.98 Å². The second kappa shape index (κ2) is 6.08. The fraction of sp³-hybridized carbons (Fsp3) is 0.636. The highest BCUT2D eigenvalue weighted by Crippen LogP contribution is 2.23. The molecule has 4 nitrogen and oxygen atoms in total. The third-order valence-corrected chi connectivity index (χ3v) is 6.25. The number of nitrogens with two attached hydrogens (primary N) is 1. The van der Waals surface area contributed by atoms with Gasteiger partial charge >= 0.3 is 0 Å². The molecule has 0 unspecified atom stereocenters. The standard InChI is InChI=1S/C11H18N2O2S3/c1-4-5-8-10(11(12)16)17-9(13-8)6-18(14,15)7(2)3/h7H,4-6H2,1-3H3,(H2,12,16). The van der Waals surface area contributed by atoms with Crippen molar-refractivity contribution in [3.05, 3.63) is 15.6 Å². The number of nitrogens with zero attached hydrogens (tertiary/aromatic N) is 1. The molecule has 2 N–H and O–H groups in total. The molecule has 0 aromatic carbocycles. The molecule has 0 saturated heterocycles. The van der Waals surface area contributed by atoms with E-state index >= 15 is 0 Å². The predicted molar refractivity (Wildman–Crippen MR) is 79.8 cm³/mol. The third-order valence-electron chi connectivity index (χ3n) is 2.50. The van der Waals surface area contributed by atoms with Crippen molar-refractivity contribution in [3.8, 4) is 0 Å². The molecular formula is C11H18N2O2S3. The average Bonchev–Trinajstić information content (AvgIpc) is 2.60. The number of aryl methyl sites for hydroxylation is 1. The van der Waals surface area contributed by atoms with Crippen molar-refractivity contribution in [3.63, 3.8) is 0 Å². The van der Waals surface area contributed by atoms with E-state index in [0.29, 0.717) is 10.00 Å². The molecule has 0 aliphatic rings. The molecule has 0 spiro atoms. The molecule has 0 radical (unpaired) electrons. The van der Waals surface area contributed by atoms with Crippen molar-refractivity contribution >= 4 is 38.4 Å². The van der Waals surface area contributed by atoms with E-state index in [1.807, 2.05) is 6.92 Å². The lowest BCUT2D eigenvalue weighted by molar-refractivity contribution is 0.586. The Morgan fingerprint density at radius 2 is 2.11 bits per heavy atom. The van der Waals surface area contributed by atoms with E-state index in [4.69, 9.17) is 18.0 Å². The number of thiazole rings is 1. The Morgan fingerprint density at radius 3 is 2.56 bits per heavy atom. The summed E-state index contributed by atoms with van der Waals surface area (Å²) in [5.41, 5.74) is 6.46. The van der Waals surface area contributed by atoms with Crippen LogP contribution in [0.1, 0.15) is 42.8 Å². The number of aromatic nitrogens is 1. The van der Waals surface area contributed by atoms with Gasteiger partial charge in [0.15, 0.2) is 9.84 Å². The SMILES string of the molecule is CCCc1nc(CS(=O)(=O)C(C)C)sc1C(N)=S. The van der Waals surface area contributed by atoms with Gasteiger partial charge in [-0.3, -0.25) is 0 Å². The van der Waals surface area contributed by atoms with Gasteiger partial charge in [0, 0.05) is 0 Å². The number of thiocarbonyl (C=S) groups is 1. The van der Waals surface area contributed by atoms with Crippen LogP contribution >= 0.6 is 23.6 Å². The zero-order chi connectivity index (χ0) is 13.9. The van der Waals surface area contributed by atoms with Gasteiger partial charge in [0.2, 0.25) is 0 Å². The lowest BCUT2D eigenvalue weighted by Gasteiger charge is -2.04. The van der Waals surface area contributed by atoms with Crippen LogP contribution < -0.4 is 5.73 Å². The van der Waals surface area contributed by atoms with Gasteiger partial charge in [-0.05, 0) is 20.3 Å². The maximum Gasteiger partial charge on any atom is 0.159 e. The maximum atomic E-state index is 11.9. The quantitative estimate of drug-likeness (QED) is 0.814. The minimum Gasteiger partial charge on any atom is -0.389 e. The molecule has 0 aliphatic carbocycles. The topological polar surface area (TPSA) is 73.0 Å². The molecule has 18 heavy (non-hydrogen) atoms. The molecule has 0 aliphatic heterocycles. The molecule has 0 bridgehead atoms. The first-order valence-corrected chi connectivity index (χ1v) is 8.72. The summed E-state index contributed by atoms with van der Waals surface area (Å²) in [4.78, 5) is 5.41. The van der Waals surface area contributed by atoms with Gasteiger partial charge in [-0.25, -0.2) is 13.4 Å². The number of hydrogen-bond donors (Lipinski definition) is 1. The monoisotopic (exact) mass is 306 g/mol. The second-order valence-electron chi connectivity index (χ2n) is 4.35. The summed E-state index contributed by atoms with van der Waals surface area (Å²) in [5.74, 6) is -0.0331. The minimum atomic E-state index is -3.13. The smallest absolute Gasteiger partial charge is 0.159 e. The van der Waals surface area contributed by atoms with Crippen molar-refractivity contribution in [1.29, 1.82) is 0 Å².